The van der Waals surface area contributed by atoms with Gasteiger partial charge < -0.3 is 10.2 Å². The van der Waals surface area contributed by atoms with Crippen molar-refractivity contribution in [1.82, 2.24) is 10.2 Å². The lowest BCUT2D eigenvalue weighted by atomic mass is 9.94. The molecule has 0 spiro atoms. The normalized spacial score (nSPS) is 29.5. The van der Waals surface area contributed by atoms with E-state index in [1.807, 2.05) is 6.92 Å². The van der Waals surface area contributed by atoms with E-state index in [0.29, 0.717) is 12.6 Å². The second kappa shape index (κ2) is 5.50. The minimum Gasteiger partial charge on any atom is -0.323 e. The molecule has 0 radical (unpaired) electrons. The summed E-state index contributed by atoms with van der Waals surface area (Å²) in [7, 11) is 0. The van der Waals surface area contributed by atoms with Gasteiger partial charge in [0.05, 0.1) is 12.6 Å². The molecule has 0 bridgehead atoms. The molecule has 1 aliphatic heterocycles. The molecular weight excluding hydrogens is 214 g/mol. The summed E-state index contributed by atoms with van der Waals surface area (Å²) < 4.78 is 0. The minimum atomic E-state index is -0.189. The quantitative estimate of drug-likeness (QED) is 0.805. The van der Waals surface area contributed by atoms with E-state index in [9.17, 15) is 4.79 Å². The molecule has 0 aromatic carbocycles. The largest absolute Gasteiger partial charge is 0.323 e. The summed E-state index contributed by atoms with van der Waals surface area (Å²) in [5.41, 5.74) is 0. The first-order valence-electron chi connectivity index (χ1n) is 6.66. The number of likely N-dealkylation sites (tertiary alicyclic amines) is 1. The number of carbonyl (C=O) groups excluding carboxylic acids is 1. The average Bonchev–Trinajstić information content (AvgIpc) is 2.34. The van der Waals surface area contributed by atoms with Gasteiger partial charge in [0, 0.05) is 18.5 Å². The summed E-state index contributed by atoms with van der Waals surface area (Å²) in [5, 5.41) is 12.2. The van der Waals surface area contributed by atoms with Crippen molar-refractivity contribution in [2.75, 3.05) is 6.54 Å². The van der Waals surface area contributed by atoms with Crippen LogP contribution < -0.4 is 5.32 Å². The standard InChI is InChI=1S/C13H21N3O/c1-10-7-12(8-14)16(10)13(17)9-15-11-5-3-2-4-6-11/h10-12,15H,2-7,9H2,1H3. The zero-order valence-electron chi connectivity index (χ0n) is 10.5. The molecule has 17 heavy (non-hydrogen) atoms. The fraction of sp³-hybridized carbons (Fsp3) is 0.846. The van der Waals surface area contributed by atoms with Gasteiger partial charge in [0.2, 0.25) is 5.91 Å². The Labute approximate surface area is 103 Å². The minimum absolute atomic E-state index is 0.0841. The van der Waals surface area contributed by atoms with Crippen LogP contribution >= 0.6 is 0 Å². The highest BCUT2D eigenvalue weighted by Crippen LogP contribution is 2.24. The van der Waals surface area contributed by atoms with Crippen molar-refractivity contribution in [2.24, 2.45) is 0 Å². The van der Waals surface area contributed by atoms with Crippen LogP contribution in [0.5, 0.6) is 0 Å². The highest BCUT2D eigenvalue weighted by Gasteiger charge is 2.38. The van der Waals surface area contributed by atoms with E-state index in [0.717, 1.165) is 6.42 Å². The van der Waals surface area contributed by atoms with Crippen molar-refractivity contribution in [2.45, 2.75) is 63.6 Å². The van der Waals surface area contributed by atoms with Gasteiger partial charge in [0.15, 0.2) is 0 Å². The maximum Gasteiger partial charge on any atom is 0.237 e. The van der Waals surface area contributed by atoms with E-state index in [-0.39, 0.29) is 18.0 Å². The molecule has 1 saturated carbocycles. The monoisotopic (exact) mass is 235 g/mol. The molecule has 2 rings (SSSR count). The van der Waals surface area contributed by atoms with Crippen LogP contribution in [0.4, 0.5) is 0 Å². The zero-order chi connectivity index (χ0) is 12.3. The Morgan fingerprint density at radius 3 is 2.71 bits per heavy atom. The second-order valence-corrected chi connectivity index (χ2v) is 5.25. The van der Waals surface area contributed by atoms with Crippen LogP contribution in [0, 0.1) is 11.3 Å². The van der Waals surface area contributed by atoms with Gasteiger partial charge in [0.1, 0.15) is 6.04 Å². The van der Waals surface area contributed by atoms with Crippen LogP contribution in [0.1, 0.15) is 45.4 Å². The number of carbonyl (C=O) groups is 1. The van der Waals surface area contributed by atoms with Crippen molar-refractivity contribution in [3.63, 3.8) is 0 Å². The molecule has 2 unspecified atom stereocenters. The van der Waals surface area contributed by atoms with Crippen molar-refractivity contribution in [3.05, 3.63) is 0 Å². The van der Waals surface area contributed by atoms with Crippen molar-refractivity contribution >= 4 is 5.91 Å². The molecular formula is C13H21N3O. The van der Waals surface area contributed by atoms with Gasteiger partial charge >= 0.3 is 0 Å². The average molecular weight is 235 g/mol. The topological polar surface area (TPSA) is 56.1 Å². The van der Waals surface area contributed by atoms with Crippen molar-refractivity contribution in [3.8, 4) is 6.07 Å². The van der Waals surface area contributed by atoms with Gasteiger partial charge in [-0.1, -0.05) is 19.3 Å². The third-order valence-corrected chi connectivity index (χ3v) is 3.96. The van der Waals surface area contributed by atoms with Crippen LogP contribution in [-0.4, -0.2) is 35.5 Å². The number of hydrogen-bond acceptors (Lipinski definition) is 3. The molecule has 2 fully saturated rings. The first-order valence-corrected chi connectivity index (χ1v) is 6.66. The van der Waals surface area contributed by atoms with E-state index in [2.05, 4.69) is 11.4 Å². The highest BCUT2D eigenvalue weighted by atomic mass is 16.2. The molecule has 0 aromatic heterocycles. The number of nitriles is 1. The molecule has 1 saturated heterocycles. The Balaban J connectivity index is 1.75. The molecule has 94 valence electrons. The Hall–Kier alpha value is -1.08. The van der Waals surface area contributed by atoms with Gasteiger partial charge in [0.25, 0.3) is 0 Å². The third kappa shape index (κ3) is 2.78. The fourth-order valence-corrected chi connectivity index (χ4v) is 2.88. The number of hydrogen-bond donors (Lipinski definition) is 1. The van der Waals surface area contributed by atoms with E-state index in [1.54, 1.807) is 4.90 Å². The van der Waals surface area contributed by atoms with Gasteiger partial charge in [-0.05, 0) is 19.8 Å². The molecule has 1 aliphatic carbocycles. The lowest BCUT2D eigenvalue weighted by Gasteiger charge is -2.43. The fourth-order valence-electron chi connectivity index (χ4n) is 2.88. The second-order valence-electron chi connectivity index (χ2n) is 5.25. The number of amides is 1. The van der Waals surface area contributed by atoms with Crippen molar-refractivity contribution in [1.29, 1.82) is 5.26 Å². The van der Waals surface area contributed by atoms with E-state index < -0.39 is 0 Å². The summed E-state index contributed by atoms with van der Waals surface area (Å²) in [6.45, 7) is 2.40. The Kier molecular flexibility index (Phi) is 4.01. The molecule has 1 N–H and O–H groups in total. The van der Waals surface area contributed by atoms with Gasteiger partial charge in [-0.3, -0.25) is 4.79 Å². The highest BCUT2D eigenvalue weighted by molar-refractivity contribution is 5.80. The Bertz CT molecular complexity index is 317. The van der Waals surface area contributed by atoms with Crippen molar-refractivity contribution < 1.29 is 4.79 Å². The zero-order valence-corrected chi connectivity index (χ0v) is 10.5. The first kappa shape index (κ1) is 12.4. The third-order valence-electron chi connectivity index (χ3n) is 3.96. The van der Waals surface area contributed by atoms with E-state index >= 15 is 0 Å². The number of nitrogens with one attached hydrogen (secondary N) is 1. The number of nitrogens with zero attached hydrogens (tertiary/aromatic N) is 2. The maximum atomic E-state index is 12.0. The molecule has 4 nitrogen and oxygen atoms in total. The summed E-state index contributed by atoms with van der Waals surface area (Å²) in [6.07, 6.45) is 7.06. The molecule has 2 aliphatic rings. The van der Waals surface area contributed by atoms with Crippen LogP contribution in [0.25, 0.3) is 0 Å². The molecule has 0 aromatic rings. The summed E-state index contributed by atoms with van der Waals surface area (Å²) in [5.74, 6) is 0.0841. The van der Waals surface area contributed by atoms with E-state index in [1.165, 1.54) is 32.1 Å². The smallest absolute Gasteiger partial charge is 0.237 e. The summed E-state index contributed by atoms with van der Waals surface area (Å²) >= 11 is 0. The van der Waals surface area contributed by atoms with Gasteiger partial charge in [-0.15, -0.1) is 0 Å². The van der Waals surface area contributed by atoms with E-state index in [4.69, 9.17) is 5.26 Å². The SMILES string of the molecule is CC1CC(C#N)N1C(=O)CNC1CCCCC1. The Morgan fingerprint density at radius 2 is 2.12 bits per heavy atom. The van der Waals surface area contributed by atoms with Gasteiger partial charge in [-0.25, -0.2) is 0 Å². The molecule has 1 amide bonds. The predicted molar refractivity (Wildman–Crippen MR) is 65.2 cm³/mol. The summed E-state index contributed by atoms with van der Waals surface area (Å²) in [4.78, 5) is 13.7. The summed E-state index contributed by atoms with van der Waals surface area (Å²) in [6, 6.07) is 2.73. The maximum absolute atomic E-state index is 12.0. The van der Waals surface area contributed by atoms with Gasteiger partial charge in [-0.2, -0.15) is 5.26 Å². The van der Waals surface area contributed by atoms with Crippen LogP contribution in [0.15, 0.2) is 0 Å². The van der Waals surface area contributed by atoms with Crippen LogP contribution in [-0.2, 0) is 4.79 Å². The Morgan fingerprint density at radius 1 is 1.41 bits per heavy atom. The lowest BCUT2D eigenvalue weighted by Crippen LogP contribution is -2.59. The first-order chi connectivity index (χ1) is 8.22. The number of rotatable bonds is 3. The van der Waals surface area contributed by atoms with Crippen LogP contribution in [0.2, 0.25) is 0 Å². The predicted octanol–water partition coefficient (Wildman–Crippen LogP) is 1.42. The molecule has 4 heteroatoms. The van der Waals surface area contributed by atoms with Crippen LogP contribution in [0.3, 0.4) is 0 Å². The molecule has 2 atom stereocenters. The molecule has 1 heterocycles. The lowest BCUT2D eigenvalue weighted by molar-refractivity contribution is -0.140.